The van der Waals surface area contributed by atoms with Crippen molar-refractivity contribution in [3.05, 3.63) is 35.5 Å². The van der Waals surface area contributed by atoms with Crippen molar-refractivity contribution in [3.8, 4) is 11.3 Å². The maximum Gasteiger partial charge on any atom is 0.226 e. The molecule has 0 unspecified atom stereocenters. The largest absolute Gasteiger partial charge is 0.399 e. The van der Waals surface area contributed by atoms with Crippen molar-refractivity contribution in [2.45, 2.75) is 19.3 Å². The molecule has 1 fully saturated rings. The van der Waals surface area contributed by atoms with Crippen molar-refractivity contribution >= 4 is 11.6 Å². The van der Waals surface area contributed by atoms with Gasteiger partial charge in [0.25, 0.3) is 0 Å². The lowest BCUT2D eigenvalue weighted by Crippen LogP contribution is -2.37. The molecule has 1 saturated heterocycles. The quantitative estimate of drug-likeness (QED) is 0.859. The van der Waals surface area contributed by atoms with Crippen LogP contribution in [0.4, 0.5) is 11.6 Å². The minimum absolute atomic E-state index is 0.748. The number of fused-ring (bicyclic) bond motifs is 1. The summed E-state index contributed by atoms with van der Waals surface area (Å²) in [5.74, 6) is 0.843. The fraction of sp³-hybridized carbons (Fsp3) is 0.412. The number of aryl methyl sites for hydroxylation is 1. The molecule has 4 rings (SSSR count). The SMILES string of the molecule is Nc1ccc(-c2nc(N3CCOCC3)nc3c2CCC3)cc1. The molecule has 5 heteroatoms. The van der Waals surface area contributed by atoms with Crippen LogP contribution in [0.2, 0.25) is 0 Å². The first-order valence-corrected chi connectivity index (χ1v) is 7.89. The third-order valence-corrected chi connectivity index (χ3v) is 4.40. The van der Waals surface area contributed by atoms with Crippen LogP contribution < -0.4 is 10.6 Å². The summed E-state index contributed by atoms with van der Waals surface area (Å²) in [5.41, 5.74) is 11.3. The third kappa shape index (κ3) is 2.41. The minimum Gasteiger partial charge on any atom is -0.399 e. The van der Waals surface area contributed by atoms with Gasteiger partial charge >= 0.3 is 0 Å². The molecule has 2 heterocycles. The first-order chi connectivity index (χ1) is 10.8. The second-order valence-electron chi connectivity index (χ2n) is 5.87. The zero-order valence-electron chi connectivity index (χ0n) is 12.6. The van der Waals surface area contributed by atoms with Gasteiger partial charge in [0.05, 0.1) is 18.9 Å². The highest BCUT2D eigenvalue weighted by atomic mass is 16.5. The van der Waals surface area contributed by atoms with E-state index in [4.69, 9.17) is 20.4 Å². The maximum absolute atomic E-state index is 5.81. The molecule has 0 amide bonds. The minimum atomic E-state index is 0.748. The number of benzene rings is 1. The summed E-state index contributed by atoms with van der Waals surface area (Å²) in [7, 11) is 0. The van der Waals surface area contributed by atoms with Gasteiger partial charge in [-0.3, -0.25) is 0 Å². The molecule has 2 aliphatic rings. The Bertz CT molecular complexity index is 678. The summed E-state index contributed by atoms with van der Waals surface area (Å²) >= 11 is 0. The summed E-state index contributed by atoms with van der Waals surface area (Å²) in [6, 6.07) is 7.99. The zero-order valence-corrected chi connectivity index (χ0v) is 12.6. The van der Waals surface area contributed by atoms with Crippen LogP contribution in [-0.2, 0) is 17.6 Å². The topological polar surface area (TPSA) is 64.3 Å². The average Bonchev–Trinajstić information content (AvgIpc) is 3.04. The smallest absolute Gasteiger partial charge is 0.226 e. The summed E-state index contributed by atoms with van der Waals surface area (Å²) in [5, 5.41) is 0. The second-order valence-corrected chi connectivity index (χ2v) is 5.87. The molecular weight excluding hydrogens is 276 g/mol. The molecule has 2 N–H and O–H groups in total. The Morgan fingerprint density at radius 2 is 1.77 bits per heavy atom. The molecule has 1 aromatic carbocycles. The number of anilines is 2. The van der Waals surface area contributed by atoms with Gasteiger partial charge in [0.15, 0.2) is 0 Å². The standard InChI is InChI=1S/C17H20N4O/c18-13-6-4-12(5-7-13)16-14-2-1-3-15(14)19-17(20-16)21-8-10-22-11-9-21/h4-7H,1-3,8-11,18H2. The van der Waals surface area contributed by atoms with Gasteiger partial charge < -0.3 is 15.4 Å². The van der Waals surface area contributed by atoms with E-state index in [2.05, 4.69) is 17.0 Å². The number of hydrogen-bond donors (Lipinski definition) is 1. The van der Waals surface area contributed by atoms with Crippen LogP contribution >= 0.6 is 0 Å². The Hall–Kier alpha value is -2.14. The highest BCUT2D eigenvalue weighted by Crippen LogP contribution is 2.32. The Morgan fingerprint density at radius 1 is 1.00 bits per heavy atom. The fourth-order valence-electron chi connectivity index (χ4n) is 3.20. The van der Waals surface area contributed by atoms with Gasteiger partial charge in [0, 0.05) is 35.6 Å². The lowest BCUT2D eigenvalue weighted by atomic mass is 10.0. The molecule has 5 nitrogen and oxygen atoms in total. The molecule has 1 aliphatic carbocycles. The number of nitrogen functional groups attached to an aromatic ring is 1. The van der Waals surface area contributed by atoms with Crippen molar-refractivity contribution in [1.82, 2.24) is 9.97 Å². The van der Waals surface area contributed by atoms with Gasteiger partial charge in [0.2, 0.25) is 5.95 Å². The number of aromatic nitrogens is 2. The van der Waals surface area contributed by atoms with Gasteiger partial charge in [-0.1, -0.05) is 12.1 Å². The molecule has 114 valence electrons. The van der Waals surface area contributed by atoms with Gasteiger partial charge in [-0.25, -0.2) is 9.97 Å². The van der Waals surface area contributed by atoms with Crippen molar-refractivity contribution in [3.63, 3.8) is 0 Å². The van der Waals surface area contributed by atoms with Crippen LogP contribution in [-0.4, -0.2) is 36.3 Å². The van der Waals surface area contributed by atoms with Crippen molar-refractivity contribution < 1.29 is 4.74 Å². The van der Waals surface area contributed by atoms with E-state index < -0.39 is 0 Å². The van der Waals surface area contributed by atoms with E-state index in [1.165, 1.54) is 17.7 Å². The van der Waals surface area contributed by atoms with E-state index in [0.717, 1.165) is 62.0 Å². The molecule has 0 bridgehead atoms. The first-order valence-electron chi connectivity index (χ1n) is 7.89. The zero-order chi connectivity index (χ0) is 14.9. The predicted molar refractivity (Wildman–Crippen MR) is 86.9 cm³/mol. The molecule has 1 aliphatic heterocycles. The maximum atomic E-state index is 5.81. The molecular formula is C17H20N4O. The lowest BCUT2D eigenvalue weighted by molar-refractivity contribution is 0.122. The van der Waals surface area contributed by atoms with Crippen LogP contribution in [0, 0.1) is 0 Å². The van der Waals surface area contributed by atoms with Gasteiger partial charge in [-0.2, -0.15) is 0 Å². The van der Waals surface area contributed by atoms with Crippen molar-refractivity contribution in [2.75, 3.05) is 36.9 Å². The second kappa shape index (κ2) is 5.57. The van der Waals surface area contributed by atoms with Crippen LogP contribution in [0.1, 0.15) is 17.7 Å². The Labute approximate surface area is 130 Å². The number of morpholine rings is 1. The first kappa shape index (κ1) is 13.5. The average molecular weight is 296 g/mol. The highest BCUT2D eigenvalue weighted by Gasteiger charge is 2.23. The molecule has 0 saturated carbocycles. The fourth-order valence-corrected chi connectivity index (χ4v) is 3.20. The summed E-state index contributed by atoms with van der Waals surface area (Å²) in [4.78, 5) is 11.9. The number of ether oxygens (including phenoxy) is 1. The Balaban J connectivity index is 1.79. The van der Waals surface area contributed by atoms with E-state index in [1.54, 1.807) is 0 Å². The van der Waals surface area contributed by atoms with E-state index in [1.807, 2.05) is 12.1 Å². The molecule has 22 heavy (non-hydrogen) atoms. The molecule has 0 atom stereocenters. The van der Waals surface area contributed by atoms with Crippen LogP contribution in [0.15, 0.2) is 24.3 Å². The van der Waals surface area contributed by atoms with Crippen LogP contribution in [0.3, 0.4) is 0 Å². The summed E-state index contributed by atoms with van der Waals surface area (Å²) in [6.07, 6.45) is 3.29. The van der Waals surface area contributed by atoms with Gasteiger partial charge in [-0.15, -0.1) is 0 Å². The van der Waals surface area contributed by atoms with Crippen LogP contribution in [0.5, 0.6) is 0 Å². The van der Waals surface area contributed by atoms with Crippen molar-refractivity contribution in [1.29, 1.82) is 0 Å². The highest BCUT2D eigenvalue weighted by molar-refractivity contribution is 5.68. The van der Waals surface area contributed by atoms with E-state index in [-0.39, 0.29) is 0 Å². The normalized spacial score (nSPS) is 17.5. The van der Waals surface area contributed by atoms with Crippen molar-refractivity contribution in [2.24, 2.45) is 0 Å². The van der Waals surface area contributed by atoms with Gasteiger partial charge in [0.1, 0.15) is 0 Å². The Morgan fingerprint density at radius 3 is 2.55 bits per heavy atom. The van der Waals surface area contributed by atoms with Gasteiger partial charge in [-0.05, 0) is 31.4 Å². The van der Waals surface area contributed by atoms with E-state index >= 15 is 0 Å². The molecule has 0 spiro atoms. The van der Waals surface area contributed by atoms with E-state index in [0.29, 0.717) is 0 Å². The summed E-state index contributed by atoms with van der Waals surface area (Å²) in [6.45, 7) is 3.22. The number of hydrogen-bond acceptors (Lipinski definition) is 5. The monoisotopic (exact) mass is 296 g/mol. The number of nitrogens with zero attached hydrogens (tertiary/aromatic N) is 3. The lowest BCUT2D eigenvalue weighted by Gasteiger charge is -2.27. The number of rotatable bonds is 2. The molecule has 1 aromatic heterocycles. The summed E-state index contributed by atoms with van der Waals surface area (Å²) < 4.78 is 5.43. The molecule has 2 aromatic rings. The van der Waals surface area contributed by atoms with Crippen LogP contribution in [0.25, 0.3) is 11.3 Å². The predicted octanol–water partition coefficient (Wildman–Crippen LogP) is 2.05. The number of nitrogens with two attached hydrogens (primary N) is 1. The third-order valence-electron chi connectivity index (χ3n) is 4.40. The Kier molecular flexibility index (Phi) is 3.42. The molecule has 0 radical (unpaired) electrons. The van der Waals surface area contributed by atoms with E-state index in [9.17, 15) is 0 Å².